The second kappa shape index (κ2) is 1.10. The quantitative estimate of drug-likeness (QED) is 0.413. The standard InChI is InChI=1S/C8H10/c1-2-3-7-6-8(7)4-5-8/h7H,4-6H2,1H3. The summed E-state index contributed by atoms with van der Waals surface area (Å²) in [6, 6.07) is 0. The van der Waals surface area contributed by atoms with E-state index in [-0.39, 0.29) is 0 Å². The van der Waals surface area contributed by atoms with Crippen LogP contribution in [0.3, 0.4) is 0 Å². The molecule has 2 saturated carbocycles. The molecule has 42 valence electrons. The van der Waals surface area contributed by atoms with Crippen molar-refractivity contribution in [1.82, 2.24) is 0 Å². The highest BCUT2D eigenvalue weighted by Gasteiger charge is 2.62. The molecule has 8 heavy (non-hydrogen) atoms. The molecule has 0 heterocycles. The van der Waals surface area contributed by atoms with E-state index in [9.17, 15) is 0 Å². The summed E-state index contributed by atoms with van der Waals surface area (Å²) in [5.41, 5.74) is 0.795. The molecule has 0 nitrogen and oxygen atoms in total. The summed E-state index contributed by atoms with van der Waals surface area (Å²) in [4.78, 5) is 0. The first kappa shape index (κ1) is 4.44. The summed E-state index contributed by atoms with van der Waals surface area (Å²) < 4.78 is 0. The van der Waals surface area contributed by atoms with E-state index in [0.29, 0.717) is 0 Å². The van der Waals surface area contributed by atoms with Crippen LogP contribution in [0.1, 0.15) is 26.2 Å². The molecule has 2 aliphatic rings. The van der Waals surface area contributed by atoms with Gasteiger partial charge in [0.1, 0.15) is 0 Å². The van der Waals surface area contributed by atoms with Gasteiger partial charge in [-0.1, -0.05) is 5.92 Å². The fourth-order valence-corrected chi connectivity index (χ4v) is 1.44. The average molecular weight is 106 g/mol. The number of hydrogen-bond acceptors (Lipinski definition) is 0. The fourth-order valence-electron chi connectivity index (χ4n) is 1.44. The van der Waals surface area contributed by atoms with Crippen LogP contribution in [0.2, 0.25) is 0 Å². The van der Waals surface area contributed by atoms with E-state index in [2.05, 4.69) is 11.8 Å². The second-order valence-electron chi connectivity index (χ2n) is 3.01. The summed E-state index contributed by atoms with van der Waals surface area (Å²) in [5, 5.41) is 0. The van der Waals surface area contributed by atoms with Crippen LogP contribution in [0.4, 0.5) is 0 Å². The third-order valence-corrected chi connectivity index (χ3v) is 2.40. The van der Waals surface area contributed by atoms with Crippen LogP contribution >= 0.6 is 0 Å². The summed E-state index contributed by atoms with van der Waals surface area (Å²) in [5.74, 6) is 7.01. The Balaban J connectivity index is 2.03. The van der Waals surface area contributed by atoms with Crippen LogP contribution in [-0.4, -0.2) is 0 Å². The smallest absolute Gasteiger partial charge is 0.0265 e. The van der Waals surface area contributed by atoms with Gasteiger partial charge in [0.2, 0.25) is 0 Å². The lowest BCUT2D eigenvalue weighted by Gasteiger charge is -1.74. The maximum absolute atomic E-state index is 3.22. The van der Waals surface area contributed by atoms with Crippen LogP contribution in [-0.2, 0) is 0 Å². The highest BCUT2D eigenvalue weighted by molar-refractivity contribution is 5.24. The van der Waals surface area contributed by atoms with Gasteiger partial charge in [-0.05, 0) is 31.6 Å². The van der Waals surface area contributed by atoms with Crippen molar-refractivity contribution >= 4 is 0 Å². The zero-order valence-corrected chi connectivity index (χ0v) is 5.20. The van der Waals surface area contributed by atoms with Gasteiger partial charge in [-0.15, -0.1) is 5.92 Å². The molecule has 0 saturated heterocycles. The molecular weight excluding hydrogens is 96.1 g/mol. The molecule has 0 aliphatic heterocycles. The Labute approximate surface area is 50.3 Å². The lowest BCUT2D eigenvalue weighted by Crippen LogP contribution is -1.70. The highest BCUT2D eigenvalue weighted by atomic mass is 14.6. The minimum atomic E-state index is 0.795. The van der Waals surface area contributed by atoms with Gasteiger partial charge < -0.3 is 0 Å². The minimum absolute atomic E-state index is 0.795. The molecule has 0 aromatic rings. The van der Waals surface area contributed by atoms with Crippen molar-refractivity contribution in [3.63, 3.8) is 0 Å². The predicted molar refractivity (Wildman–Crippen MR) is 33.2 cm³/mol. The van der Waals surface area contributed by atoms with Gasteiger partial charge in [0.05, 0.1) is 0 Å². The third-order valence-electron chi connectivity index (χ3n) is 2.40. The molecule has 2 rings (SSSR count). The summed E-state index contributed by atoms with van der Waals surface area (Å²) in [7, 11) is 0. The Bertz CT molecular complexity index is 164. The summed E-state index contributed by atoms with van der Waals surface area (Å²) in [6.07, 6.45) is 4.34. The Morgan fingerprint density at radius 2 is 2.25 bits per heavy atom. The normalized spacial score (nSPS) is 35.9. The lowest BCUT2D eigenvalue weighted by atomic mass is 10.3. The SMILES string of the molecule is CC#CC1CC12CC2. The first-order chi connectivity index (χ1) is 3.87. The second-order valence-corrected chi connectivity index (χ2v) is 3.01. The maximum Gasteiger partial charge on any atom is 0.0265 e. The molecule has 0 aromatic heterocycles. The molecule has 2 aliphatic carbocycles. The minimum Gasteiger partial charge on any atom is -0.106 e. The third kappa shape index (κ3) is 0.422. The monoisotopic (exact) mass is 106 g/mol. The summed E-state index contributed by atoms with van der Waals surface area (Å²) in [6.45, 7) is 1.94. The van der Waals surface area contributed by atoms with Crippen molar-refractivity contribution in [1.29, 1.82) is 0 Å². The van der Waals surface area contributed by atoms with E-state index in [1.54, 1.807) is 0 Å². The largest absolute Gasteiger partial charge is 0.106 e. The van der Waals surface area contributed by atoms with Crippen molar-refractivity contribution in [3.05, 3.63) is 0 Å². The van der Waals surface area contributed by atoms with Crippen molar-refractivity contribution in [2.45, 2.75) is 26.2 Å². The van der Waals surface area contributed by atoms with E-state index < -0.39 is 0 Å². The Hall–Kier alpha value is -0.440. The maximum atomic E-state index is 3.22. The van der Waals surface area contributed by atoms with Crippen molar-refractivity contribution in [2.75, 3.05) is 0 Å². The topological polar surface area (TPSA) is 0 Å². The first-order valence-electron chi connectivity index (χ1n) is 3.30. The van der Waals surface area contributed by atoms with Gasteiger partial charge >= 0.3 is 0 Å². The van der Waals surface area contributed by atoms with Gasteiger partial charge in [0.15, 0.2) is 0 Å². The first-order valence-corrected chi connectivity index (χ1v) is 3.30. The van der Waals surface area contributed by atoms with Gasteiger partial charge in [0, 0.05) is 5.92 Å². The van der Waals surface area contributed by atoms with E-state index in [4.69, 9.17) is 0 Å². The Morgan fingerprint density at radius 1 is 1.50 bits per heavy atom. The average Bonchev–Trinajstić information content (AvgIpc) is 2.57. The van der Waals surface area contributed by atoms with Crippen LogP contribution in [0.5, 0.6) is 0 Å². The molecule has 1 atom stereocenters. The van der Waals surface area contributed by atoms with E-state index in [1.165, 1.54) is 19.3 Å². The molecule has 0 aromatic carbocycles. The lowest BCUT2D eigenvalue weighted by molar-refractivity contribution is 0.838. The molecule has 0 radical (unpaired) electrons. The molecule has 1 unspecified atom stereocenters. The van der Waals surface area contributed by atoms with Gasteiger partial charge in [-0.2, -0.15) is 0 Å². The van der Waals surface area contributed by atoms with Crippen LogP contribution < -0.4 is 0 Å². The fraction of sp³-hybridized carbons (Fsp3) is 0.750. The van der Waals surface area contributed by atoms with Gasteiger partial charge in [0.25, 0.3) is 0 Å². The molecule has 0 bridgehead atoms. The van der Waals surface area contributed by atoms with Gasteiger partial charge in [-0.25, -0.2) is 0 Å². The molecule has 1 spiro atoms. The highest BCUT2D eigenvalue weighted by Crippen LogP contribution is 2.70. The molecule has 2 fully saturated rings. The molecule has 0 N–H and O–H groups in total. The van der Waals surface area contributed by atoms with Crippen LogP contribution in [0, 0.1) is 23.2 Å². The Morgan fingerprint density at radius 3 is 2.62 bits per heavy atom. The van der Waals surface area contributed by atoms with Crippen LogP contribution in [0.15, 0.2) is 0 Å². The number of hydrogen-bond donors (Lipinski definition) is 0. The zero-order chi connectivity index (χ0) is 5.61. The van der Waals surface area contributed by atoms with E-state index >= 15 is 0 Å². The zero-order valence-electron chi connectivity index (χ0n) is 5.20. The Kier molecular flexibility index (Phi) is 0.612. The molecular formula is C8H10. The molecule has 0 heteroatoms. The summed E-state index contributed by atoms with van der Waals surface area (Å²) >= 11 is 0. The van der Waals surface area contributed by atoms with Crippen molar-refractivity contribution < 1.29 is 0 Å². The van der Waals surface area contributed by atoms with Crippen molar-refractivity contribution in [3.8, 4) is 11.8 Å². The van der Waals surface area contributed by atoms with E-state index in [0.717, 1.165) is 11.3 Å². The van der Waals surface area contributed by atoms with E-state index in [1.807, 2.05) is 6.92 Å². The van der Waals surface area contributed by atoms with Gasteiger partial charge in [-0.3, -0.25) is 0 Å². The van der Waals surface area contributed by atoms with Crippen molar-refractivity contribution in [2.24, 2.45) is 11.3 Å². The van der Waals surface area contributed by atoms with Crippen LogP contribution in [0.25, 0.3) is 0 Å². The predicted octanol–water partition coefficient (Wildman–Crippen LogP) is 1.81. The molecule has 0 amide bonds. The number of rotatable bonds is 0.